The highest BCUT2D eigenvalue weighted by atomic mass is 32.1. The summed E-state index contributed by atoms with van der Waals surface area (Å²) in [5.74, 6) is 1.00. The number of rotatable bonds is 5. The molecule has 0 radical (unpaired) electrons. The molecule has 1 amide bonds. The third-order valence-electron chi connectivity index (χ3n) is 5.02. The first-order valence-electron chi connectivity index (χ1n) is 8.90. The van der Waals surface area contributed by atoms with Crippen molar-refractivity contribution in [1.29, 1.82) is 0 Å². The monoisotopic (exact) mass is 361 g/mol. The van der Waals surface area contributed by atoms with E-state index in [-0.39, 0.29) is 5.91 Å². The normalized spacial score (nSPS) is 27.2. The number of anilines is 1. The Morgan fingerprint density at radius 1 is 1.52 bits per heavy atom. The van der Waals surface area contributed by atoms with Crippen LogP contribution in [0.2, 0.25) is 0 Å². The number of hydrogen-bond donors (Lipinski definition) is 2. The number of amides is 1. The molecular weight excluding hydrogens is 334 g/mol. The van der Waals surface area contributed by atoms with Crippen molar-refractivity contribution in [2.45, 2.75) is 39.8 Å². The molecule has 3 heterocycles. The first-order chi connectivity index (χ1) is 12.0. The molecule has 0 bridgehead atoms. The van der Waals surface area contributed by atoms with Gasteiger partial charge in [0.1, 0.15) is 0 Å². The van der Waals surface area contributed by atoms with Gasteiger partial charge in [0.2, 0.25) is 5.91 Å². The Morgan fingerprint density at radius 2 is 2.36 bits per heavy atom. The summed E-state index contributed by atoms with van der Waals surface area (Å²) in [6.45, 7) is 9.90. The van der Waals surface area contributed by atoms with Gasteiger partial charge in [-0.3, -0.25) is 14.7 Å². The van der Waals surface area contributed by atoms with Crippen LogP contribution in [0.3, 0.4) is 0 Å². The van der Waals surface area contributed by atoms with E-state index in [9.17, 15) is 4.79 Å². The lowest BCUT2D eigenvalue weighted by atomic mass is 9.83. The molecule has 6 nitrogen and oxygen atoms in total. The van der Waals surface area contributed by atoms with Crippen LogP contribution in [0.15, 0.2) is 23.5 Å². The number of thiazole rings is 1. The molecule has 0 spiro atoms. The maximum absolute atomic E-state index is 11.1. The maximum atomic E-state index is 11.1. The fourth-order valence-corrected chi connectivity index (χ4v) is 4.38. The number of nitrogens with one attached hydrogen (secondary N) is 2. The Hall–Kier alpha value is -1.57. The summed E-state index contributed by atoms with van der Waals surface area (Å²) in [5, 5.41) is 7.10. The fraction of sp³-hybridized carbons (Fsp3) is 0.611. The van der Waals surface area contributed by atoms with Gasteiger partial charge in [-0.2, -0.15) is 0 Å². The van der Waals surface area contributed by atoms with E-state index in [4.69, 9.17) is 0 Å². The van der Waals surface area contributed by atoms with Crippen LogP contribution >= 0.6 is 11.3 Å². The number of allylic oxidation sites excluding steroid dienone is 1. The molecular formula is C18H27N5OS. The molecule has 1 saturated heterocycles. The van der Waals surface area contributed by atoms with Crippen LogP contribution in [0.5, 0.6) is 0 Å². The second-order valence-electron chi connectivity index (χ2n) is 7.00. The zero-order valence-corrected chi connectivity index (χ0v) is 16.0. The van der Waals surface area contributed by atoms with Crippen molar-refractivity contribution in [2.75, 3.05) is 25.0 Å². The molecule has 1 aromatic rings. The smallest absolute Gasteiger partial charge is 0.223 e. The van der Waals surface area contributed by atoms with Crippen LogP contribution in [0.1, 0.15) is 32.1 Å². The summed E-state index contributed by atoms with van der Waals surface area (Å²) >= 11 is 1.56. The highest BCUT2D eigenvalue weighted by molar-refractivity contribution is 7.15. The molecule has 0 saturated carbocycles. The van der Waals surface area contributed by atoms with Crippen molar-refractivity contribution in [3.05, 3.63) is 23.3 Å². The first kappa shape index (κ1) is 18.2. The molecule has 0 aromatic carbocycles. The van der Waals surface area contributed by atoms with Gasteiger partial charge in [-0.25, -0.2) is 4.98 Å². The number of piperazine rings is 1. The predicted molar refractivity (Wildman–Crippen MR) is 103 cm³/mol. The zero-order chi connectivity index (χ0) is 17.8. The van der Waals surface area contributed by atoms with Crippen molar-refractivity contribution in [3.63, 3.8) is 0 Å². The molecule has 3 atom stereocenters. The Bertz CT molecular complexity index is 668. The van der Waals surface area contributed by atoms with E-state index in [0.29, 0.717) is 23.0 Å². The van der Waals surface area contributed by atoms with Crippen LogP contribution in [0.25, 0.3) is 0 Å². The van der Waals surface area contributed by atoms with Crippen LogP contribution in [0, 0.1) is 11.8 Å². The number of aliphatic imine (C=N–C) groups is 1. The van der Waals surface area contributed by atoms with E-state index >= 15 is 0 Å². The second-order valence-corrected chi connectivity index (χ2v) is 8.11. The number of aromatic nitrogens is 1. The van der Waals surface area contributed by atoms with Crippen LogP contribution < -0.4 is 10.6 Å². The van der Waals surface area contributed by atoms with Gasteiger partial charge in [-0.15, -0.1) is 11.3 Å². The van der Waals surface area contributed by atoms with Gasteiger partial charge in [0.15, 0.2) is 5.13 Å². The molecule has 2 N–H and O–H groups in total. The molecule has 3 rings (SSSR count). The van der Waals surface area contributed by atoms with Crippen molar-refractivity contribution in [3.8, 4) is 0 Å². The average Bonchev–Trinajstić information content (AvgIpc) is 2.98. The fourth-order valence-electron chi connectivity index (χ4n) is 3.48. The van der Waals surface area contributed by atoms with E-state index in [1.54, 1.807) is 11.3 Å². The Balaban J connectivity index is 1.53. The van der Waals surface area contributed by atoms with E-state index in [2.05, 4.69) is 45.4 Å². The largest absolute Gasteiger partial charge is 0.311 e. The zero-order valence-electron chi connectivity index (χ0n) is 15.2. The topological polar surface area (TPSA) is 69.6 Å². The highest BCUT2D eigenvalue weighted by Crippen LogP contribution is 2.26. The lowest BCUT2D eigenvalue weighted by Gasteiger charge is -2.36. The van der Waals surface area contributed by atoms with E-state index in [0.717, 1.165) is 32.6 Å². The van der Waals surface area contributed by atoms with Gasteiger partial charge in [-0.1, -0.05) is 13.0 Å². The summed E-state index contributed by atoms with van der Waals surface area (Å²) < 4.78 is 0. The highest BCUT2D eigenvalue weighted by Gasteiger charge is 2.26. The van der Waals surface area contributed by atoms with E-state index in [1.807, 2.05) is 12.4 Å². The van der Waals surface area contributed by atoms with Crippen LogP contribution in [-0.2, 0) is 11.3 Å². The average molecular weight is 362 g/mol. The van der Waals surface area contributed by atoms with Gasteiger partial charge < -0.3 is 10.6 Å². The summed E-state index contributed by atoms with van der Waals surface area (Å²) in [5.41, 5.74) is 1.23. The lowest BCUT2D eigenvalue weighted by molar-refractivity contribution is -0.114. The molecule has 2 aliphatic rings. The standard InChI is InChI=1S/C18H27N5OS/c1-12-13(2)19-5-4-15(12)8-16-10-23(7-6-20-16)11-17-9-21-18(25-17)22-14(3)24/h4-5,9,12,15-16,20H,6-8,10-11H2,1-3H3,(H,21,22,24)/t12?,15?,16-/m1/s1. The predicted octanol–water partition coefficient (Wildman–Crippen LogP) is 2.51. The van der Waals surface area contributed by atoms with Crippen molar-refractivity contribution >= 4 is 28.1 Å². The first-order valence-corrected chi connectivity index (χ1v) is 9.72. The number of hydrogen-bond acceptors (Lipinski definition) is 6. The Kier molecular flexibility index (Phi) is 5.98. The number of carbonyl (C=O) groups is 1. The molecule has 2 unspecified atom stereocenters. The summed E-state index contributed by atoms with van der Waals surface area (Å²) in [7, 11) is 0. The van der Waals surface area contributed by atoms with Crippen LogP contribution in [0.4, 0.5) is 5.13 Å². The minimum absolute atomic E-state index is 0.0726. The minimum atomic E-state index is -0.0726. The molecule has 136 valence electrons. The quantitative estimate of drug-likeness (QED) is 0.845. The molecule has 0 aliphatic carbocycles. The van der Waals surface area contributed by atoms with E-state index in [1.165, 1.54) is 17.5 Å². The molecule has 1 fully saturated rings. The van der Waals surface area contributed by atoms with Gasteiger partial charge in [0.05, 0.1) is 0 Å². The Labute approximate surface area is 153 Å². The van der Waals surface area contributed by atoms with E-state index < -0.39 is 0 Å². The van der Waals surface area contributed by atoms with Crippen molar-refractivity contribution in [2.24, 2.45) is 16.8 Å². The third kappa shape index (κ3) is 4.96. The lowest BCUT2D eigenvalue weighted by Crippen LogP contribution is -2.51. The van der Waals surface area contributed by atoms with Crippen LogP contribution in [-0.4, -0.2) is 47.2 Å². The maximum Gasteiger partial charge on any atom is 0.223 e. The van der Waals surface area contributed by atoms with Gasteiger partial charge in [0.25, 0.3) is 0 Å². The molecule has 25 heavy (non-hydrogen) atoms. The van der Waals surface area contributed by atoms with Gasteiger partial charge in [0, 0.05) is 68.0 Å². The summed E-state index contributed by atoms with van der Waals surface area (Å²) in [4.78, 5) is 23.5. The number of carbonyl (C=O) groups excluding carboxylic acids is 1. The van der Waals surface area contributed by atoms with Gasteiger partial charge >= 0.3 is 0 Å². The minimum Gasteiger partial charge on any atom is -0.311 e. The second kappa shape index (κ2) is 8.21. The third-order valence-corrected chi connectivity index (χ3v) is 5.92. The number of nitrogens with zero attached hydrogens (tertiary/aromatic N) is 3. The van der Waals surface area contributed by atoms with Crippen molar-refractivity contribution < 1.29 is 4.79 Å². The summed E-state index contributed by atoms with van der Waals surface area (Å²) in [6.07, 6.45) is 7.22. The van der Waals surface area contributed by atoms with Crippen molar-refractivity contribution in [1.82, 2.24) is 15.2 Å². The Morgan fingerprint density at radius 3 is 3.16 bits per heavy atom. The summed E-state index contributed by atoms with van der Waals surface area (Å²) in [6, 6.07) is 0.500. The molecule has 1 aromatic heterocycles. The molecule has 7 heteroatoms. The SMILES string of the molecule is CC(=O)Nc1ncc(CN2CCN[C@H](CC3C=CN=C(C)C3C)C2)s1. The van der Waals surface area contributed by atoms with Gasteiger partial charge in [-0.05, 0) is 19.3 Å². The molecule has 2 aliphatic heterocycles.